The van der Waals surface area contributed by atoms with E-state index in [1.807, 2.05) is 20.1 Å². The molecule has 0 spiro atoms. The van der Waals surface area contributed by atoms with E-state index in [-0.39, 0.29) is 11.9 Å². The molecule has 0 aliphatic heterocycles. The molecule has 0 fully saturated rings. The molecule has 0 saturated heterocycles. The van der Waals surface area contributed by atoms with Gasteiger partial charge in [0, 0.05) is 18.3 Å². The fraction of sp³-hybridized carbons (Fsp3) is 0.538. The molecule has 17 heavy (non-hydrogen) atoms. The van der Waals surface area contributed by atoms with Crippen LogP contribution in [0.1, 0.15) is 25.5 Å². The summed E-state index contributed by atoms with van der Waals surface area (Å²) >= 11 is 1.62. The topological polar surface area (TPSA) is 32.3 Å². The van der Waals surface area contributed by atoms with E-state index in [0.29, 0.717) is 12.3 Å². The molecule has 1 rings (SSSR count). The SMILES string of the molecule is CSCC(C)(O)CNC(C)c1ccc(F)cc1. The van der Waals surface area contributed by atoms with Crippen molar-refractivity contribution in [2.75, 3.05) is 18.6 Å². The number of thioether (sulfide) groups is 1. The van der Waals surface area contributed by atoms with Crippen LogP contribution in [-0.4, -0.2) is 29.3 Å². The summed E-state index contributed by atoms with van der Waals surface area (Å²) in [6, 6.07) is 6.53. The van der Waals surface area contributed by atoms with Crippen LogP contribution in [0, 0.1) is 5.82 Å². The molecule has 2 nitrogen and oxygen atoms in total. The molecule has 0 amide bonds. The fourth-order valence-electron chi connectivity index (χ4n) is 1.60. The Morgan fingerprint density at radius 2 is 2.00 bits per heavy atom. The Balaban J connectivity index is 2.49. The standard InChI is InChI=1S/C13H20FNOS/c1-10(11-4-6-12(14)7-5-11)15-8-13(2,16)9-17-3/h4-7,10,15-16H,8-9H2,1-3H3. The molecule has 96 valence electrons. The van der Waals surface area contributed by atoms with Gasteiger partial charge in [-0.05, 0) is 37.8 Å². The maximum absolute atomic E-state index is 12.8. The first-order valence-corrected chi connectivity index (χ1v) is 7.04. The minimum Gasteiger partial charge on any atom is -0.388 e. The lowest BCUT2D eigenvalue weighted by Gasteiger charge is -2.25. The number of hydrogen-bond acceptors (Lipinski definition) is 3. The van der Waals surface area contributed by atoms with Crippen LogP contribution in [0.25, 0.3) is 0 Å². The first kappa shape index (κ1) is 14.5. The van der Waals surface area contributed by atoms with E-state index in [2.05, 4.69) is 5.32 Å². The maximum atomic E-state index is 12.8. The Morgan fingerprint density at radius 1 is 1.41 bits per heavy atom. The third-order valence-electron chi connectivity index (χ3n) is 2.61. The molecule has 0 bridgehead atoms. The predicted octanol–water partition coefficient (Wildman–Crippen LogP) is 2.59. The van der Waals surface area contributed by atoms with Crippen molar-refractivity contribution in [3.8, 4) is 0 Å². The summed E-state index contributed by atoms with van der Waals surface area (Å²) in [6.45, 7) is 4.34. The molecule has 1 aromatic rings. The monoisotopic (exact) mass is 257 g/mol. The predicted molar refractivity (Wildman–Crippen MR) is 71.8 cm³/mol. The van der Waals surface area contributed by atoms with Crippen molar-refractivity contribution in [1.82, 2.24) is 5.32 Å². The van der Waals surface area contributed by atoms with Crippen LogP contribution in [0.5, 0.6) is 0 Å². The second-order valence-corrected chi connectivity index (χ2v) is 5.45. The second kappa shape index (κ2) is 6.38. The van der Waals surface area contributed by atoms with Crippen molar-refractivity contribution in [3.63, 3.8) is 0 Å². The molecule has 2 unspecified atom stereocenters. The average Bonchev–Trinajstić information content (AvgIpc) is 2.27. The van der Waals surface area contributed by atoms with E-state index >= 15 is 0 Å². The molecular formula is C13H20FNOS. The van der Waals surface area contributed by atoms with Gasteiger partial charge in [-0.15, -0.1) is 0 Å². The van der Waals surface area contributed by atoms with Gasteiger partial charge in [-0.2, -0.15) is 11.8 Å². The molecule has 2 N–H and O–H groups in total. The fourth-order valence-corrected chi connectivity index (χ4v) is 2.33. The number of rotatable bonds is 6. The van der Waals surface area contributed by atoms with Gasteiger partial charge in [0.25, 0.3) is 0 Å². The minimum absolute atomic E-state index is 0.101. The number of halogens is 1. The van der Waals surface area contributed by atoms with Gasteiger partial charge in [0.1, 0.15) is 5.82 Å². The molecule has 0 saturated carbocycles. The maximum Gasteiger partial charge on any atom is 0.123 e. The highest BCUT2D eigenvalue weighted by atomic mass is 32.2. The smallest absolute Gasteiger partial charge is 0.123 e. The van der Waals surface area contributed by atoms with Crippen molar-refractivity contribution in [3.05, 3.63) is 35.6 Å². The van der Waals surface area contributed by atoms with E-state index in [1.54, 1.807) is 23.9 Å². The quantitative estimate of drug-likeness (QED) is 0.821. The van der Waals surface area contributed by atoms with Crippen LogP contribution in [0.4, 0.5) is 4.39 Å². The van der Waals surface area contributed by atoms with Gasteiger partial charge in [0.2, 0.25) is 0 Å². The summed E-state index contributed by atoms with van der Waals surface area (Å²) in [4.78, 5) is 0. The van der Waals surface area contributed by atoms with Gasteiger partial charge in [0.05, 0.1) is 5.60 Å². The molecular weight excluding hydrogens is 237 g/mol. The lowest BCUT2D eigenvalue weighted by Crippen LogP contribution is -2.40. The van der Waals surface area contributed by atoms with Gasteiger partial charge >= 0.3 is 0 Å². The Kier molecular flexibility index (Phi) is 5.43. The molecule has 2 atom stereocenters. The number of nitrogens with one attached hydrogen (secondary N) is 1. The Morgan fingerprint density at radius 3 is 2.53 bits per heavy atom. The summed E-state index contributed by atoms with van der Waals surface area (Å²) < 4.78 is 12.8. The van der Waals surface area contributed by atoms with Crippen LogP contribution in [0.3, 0.4) is 0 Å². The van der Waals surface area contributed by atoms with Crippen molar-refractivity contribution < 1.29 is 9.50 Å². The third-order valence-corrected chi connectivity index (χ3v) is 3.52. The highest BCUT2D eigenvalue weighted by Gasteiger charge is 2.20. The molecule has 0 radical (unpaired) electrons. The third kappa shape index (κ3) is 5.06. The number of benzene rings is 1. The van der Waals surface area contributed by atoms with E-state index in [4.69, 9.17) is 0 Å². The number of hydrogen-bond donors (Lipinski definition) is 2. The summed E-state index contributed by atoms with van der Waals surface area (Å²) in [5.74, 6) is 0.464. The van der Waals surface area contributed by atoms with Gasteiger partial charge in [-0.1, -0.05) is 12.1 Å². The van der Waals surface area contributed by atoms with Crippen LogP contribution in [-0.2, 0) is 0 Å². The van der Waals surface area contributed by atoms with E-state index in [9.17, 15) is 9.50 Å². The number of aliphatic hydroxyl groups is 1. The summed E-state index contributed by atoms with van der Waals surface area (Å²) in [7, 11) is 0. The Bertz CT molecular complexity index is 340. The molecule has 0 aliphatic carbocycles. The van der Waals surface area contributed by atoms with Crippen LogP contribution >= 0.6 is 11.8 Å². The molecule has 0 heterocycles. The zero-order chi connectivity index (χ0) is 12.9. The van der Waals surface area contributed by atoms with Crippen molar-refractivity contribution >= 4 is 11.8 Å². The second-order valence-electron chi connectivity index (χ2n) is 4.58. The highest BCUT2D eigenvalue weighted by molar-refractivity contribution is 7.98. The van der Waals surface area contributed by atoms with Gasteiger partial charge < -0.3 is 10.4 Å². The highest BCUT2D eigenvalue weighted by Crippen LogP contribution is 2.15. The molecule has 1 aromatic carbocycles. The molecule has 0 aliphatic rings. The zero-order valence-electron chi connectivity index (χ0n) is 10.5. The largest absolute Gasteiger partial charge is 0.388 e. The lowest BCUT2D eigenvalue weighted by atomic mass is 10.1. The normalized spacial score (nSPS) is 16.5. The average molecular weight is 257 g/mol. The summed E-state index contributed by atoms with van der Waals surface area (Å²) in [5.41, 5.74) is 0.305. The molecule has 4 heteroatoms. The van der Waals surface area contributed by atoms with Gasteiger partial charge in [0.15, 0.2) is 0 Å². The van der Waals surface area contributed by atoms with Gasteiger partial charge in [-0.3, -0.25) is 0 Å². The van der Waals surface area contributed by atoms with E-state index < -0.39 is 5.60 Å². The summed E-state index contributed by atoms with van der Waals surface area (Å²) in [6.07, 6.45) is 1.97. The molecule has 0 aromatic heterocycles. The first-order valence-electron chi connectivity index (χ1n) is 5.65. The van der Waals surface area contributed by atoms with E-state index in [1.165, 1.54) is 12.1 Å². The minimum atomic E-state index is -0.715. The summed E-state index contributed by atoms with van der Waals surface area (Å²) in [5, 5.41) is 13.3. The van der Waals surface area contributed by atoms with Crippen LogP contribution in [0.15, 0.2) is 24.3 Å². The zero-order valence-corrected chi connectivity index (χ0v) is 11.4. The first-order chi connectivity index (χ1) is 7.94. The Hall–Kier alpha value is -0.580. The Labute approximate surface area is 107 Å². The van der Waals surface area contributed by atoms with Crippen molar-refractivity contribution in [1.29, 1.82) is 0 Å². The van der Waals surface area contributed by atoms with Crippen LogP contribution in [0.2, 0.25) is 0 Å². The van der Waals surface area contributed by atoms with Crippen molar-refractivity contribution in [2.45, 2.75) is 25.5 Å². The van der Waals surface area contributed by atoms with Crippen molar-refractivity contribution in [2.24, 2.45) is 0 Å². The lowest BCUT2D eigenvalue weighted by molar-refractivity contribution is 0.0821. The van der Waals surface area contributed by atoms with E-state index in [0.717, 1.165) is 5.56 Å². The van der Waals surface area contributed by atoms with Gasteiger partial charge in [-0.25, -0.2) is 4.39 Å². The van der Waals surface area contributed by atoms with Crippen LogP contribution < -0.4 is 5.32 Å².